The molecule has 0 aromatic heterocycles. The van der Waals surface area contributed by atoms with Crippen LogP contribution in [0.2, 0.25) is 0 Å². The van der Waals surface area contributed by atoms with E-state index >= 15 is 0 Å². The highest BCUT2D eigenvalue weighted by atomic mass is 16.1. The topological polar surface area (TPSA) is 20.3 Å². The largest absolute Gasteiger partial charge is 0.297 e. The monoisotopic (exact) mass is 319 g/mol. The molecule has 2 aliphatic carbocycles. The number of carbonyl (C=O) groups excluding carboxylic acids is 1. The molecule has 0 radical (unpaired) electrons. The van der Waals surface area contributed by atoms with Crippen LogP contribution in [0, 0.1) is 22.7 Å². The van der Waals surface area contributed by atoms with Crippen molar-refractivity contribution in [3.05, 3.63) is 0 Å². The molecule has 3 rings (SSSR count). The van der Waals surface area contributed by atoms with E-state index in [1.807, 2.05) is 0 Å². The average Bonchev–Trinajstić information content (AvgIpc) is 2.99. The molecule has 0 aromatic rings. The number of rotatable bonds is 2. The third-order valence-corrected chi connectivity index (χ3v) is 6.84. The average molecular weight is 320 g/mol. The van der Waals surface area contributed by atoms with Crippen LogP contribution in [-0.2, 0) is 4.79 Å². The number of hydrogen-bond acceptors (Lipinski definition) is 2. The lowest BCUT2D eigenvalue weighted by Gasteiger charge is -2.38. The van der Waals surface area contributed by atoms with E-state index in [0.29, 0.717) is 11.2 Å². The summed E-state index contributed by atoms with van der Waals surface area (Å²) in [6.45, 7) is 14.3. The van der Waals surface area contributed by atoms with Crippen LogP contribution in [0.4, 0.5) is 0 Å². The predicted molar refractivity (Wildman–Crippen MR) is 96.4 cm³/mol. The molecule has 1 spiro atoms. The van der Waals surface area contributed by atoms with E-state index in [1.165, 1.54) is 38.5 Å². The summed E-state index contributed by atoms with van der Waals surface area (Å²) in [5.41, 5.74) is 0.338. The maximum absolute atomic E-state index is 13.1. The maximum atomic E-state index is 13.1. The fourth-order valence-corrected chi connectivity index (χ4v) is 5.45. The van der Waals surface area contributed by atoms with E-state index < -0.39 is 0 Å². The van der Waals surface area contributed by atoms with Crippen molar-refractivity contribution >= 4 is 5.78 Å². The van der Waals surface area contributed by atoms with Crippen molar-refractivity contribution in [2.45, 2.75) is 98.1 Å². The van der Waals surface area contributed by atoms with Crippen LogP contribution in [-0.4, -0.2) is 28.8 Å². The van der Waals surface area contributed by atoms with E-state index in [4.69, 9.17) is 0 Å². The Morgan fingerprint density at radius 1 is 0.957 bits per heavy atom. The summed E-state index contributed by atoms with van der Waals surface area (Å²) in [5, 5.41) is 0. The van der Waals surface area contributed by atoms with Crippen LogP contribution in [0.25, 0.3) is 0 Å². The van der Waals surface area contributed by atoms with Crippen LogP contribution in [0.5, 0.6) is 0 Å². The Labute approximate surface area is 143 Å². The molecule has 3 fully saturated rings. The Hall–Kier alpha value is -0.370. The minimum absolute atomic E-state index is 0.0920. The molecule has 132 valence electrons. The lowest BCUT2D eigenvalue weighted by molar-refractivity contribution is -0.132. The first-order valence-corrected chi connectivity index (χ1v) is 9.86. The molecule has 1 saturated heterocycles. The third-order valence-electron chi connectivity index (χ3n) is 6.84. The first-order valence-electron chi connectivity index (χ1n) is 9.86. The normalized spacial score (nSPS) is 36.6. The van der Waals surface area contributed by atoms with Crippen molar-refractivity contribution in [1.29, 1.82) is 0 Å². The van der Waals surface area contributed by atoms with E-state index in [9.17, 15) is 4.79 Å². The molecule has 3 aliphatic rings. The van der Waals surface area contributed by atoms with Gasteiger partial charge in [0.15, 0.2) is 5.78 Å². The SMILES string of the molecule is CC(C)(C)C(=O)[C@@H]1C[C@@]2(CC2C2CCCCC2)CN1C(C)(C)C. The first kappa shape index (κ1) is 17.5. The molecule has 0 amide bonds. The van der Waals surface area contributed by atoms with Gasteiger partial charge in [-0.05, 0) is 50.9 Å². The van der Waals surface area contributed by atoms with Gasteiger partial charge in [-0.15, -0.1) is 0 Å². The van der Waals surface area contributed by atoms with Gasteiger partial charge >= 0.3 is 0 Å². The summed E-state index contributed by atoms with van der Waals surface area (Å²) in [5.74, 6) is 2.32. The molecule has 0 N–H and O–H groups in total. The molecule has 23 heavy (non-hydrogen) atoms. The second kappa shape index (κ2) is 5.58. The number of hydrogen-bond donors (Lipinski definition) is 0. The molecule has 0 aromatic carbocycles. The summed E-state index contributed by atoms with van der Waals surface area (Å²) < 4.78 is 0. The van der Waals surface area contributed by atoms with Gasteiger partial charge in [0.05, 0.1) is 6.04 Å². The highest BCUT2D eigenvalue weighted by Gasteiger charge is 2.64. The summed E-state index contributed by atoms with van der Waals surface area (Å²) >= 11 is 0. The van der Waals surface area contributed by atoms with E-state index in [1.54, 1.807) is 0 Å². The molecule has 1 aliphatic heterocycles. The summed E-state index contributed by atoms with van der Waals surface area (Å²) in [6.07, 6.45) is 9.71. The molecular formula is C21H37NO. The number of carbonyl (C=O) groups is 1. The van der Waals surface area contributed by atoms with Crippen LogP contribution < -0.4 is 0 Å². The zero-order valence-corrected chi connectivity index (χ0v) is 16.2. The quantitative estimate of drug-likeness (QED) is 0.709. The van der Waals surface area contributed by atoms with Gasteiger partial charge in [-0.3, -0.25) is 9.69 Å². The molecule has 2 saturated carbocycles. The van der Waals surface area contributed by atoms with Gasteiger partial charge in [-0.2, -0.15) is 0 Å². The summed E-state index contributed by atoms with van der Waals surface area (Å²) in [6, 6.07) is 0.142. The Morgan fingerprint density at radius 2 is 1.57 bits per heavy atom. The zero-order chi connectivity index (χ0) is 17.0. The Balaban J connectivity index is 1.77. The Morgan fingerprint density at radius 3 is 2.09 bits per heavy atom. The van der Waals surface area contributed by atoms with Gasteiger partial charge in [-0.1, -0.05) is 52.9 Å². The van der Waals surface area contributed by atoms with Crippen LogP contribution >= 0.6 is 0 Å². The van der Waals surface area contributed by atoms with Crippen molar-refractivity contribution in [2.75, 3.05) is 6.54 Å². The molecule has 0 bridgehead atoms. The zero-order valence-electron chi connectivity index (χ0n) is 16.2. The lowest BCUT2D eigenvalue weighted by Crippen LogP contribution is -2.50. The van der Waals surface area contributed by atoms with E-state index in [2.05, 4.69) is 46.4 Å². The lowest BCUT2D eigenvalue weighted by atomic mass is 9.80. The van der Waals surface area contributed by atoms with Gasteiger partial charge in [0.2, 0.25) is 0 Å². The van der Waals surface area contributed by atoms with Crippen LogP contribution in [0.1, 0.15) is 86.5 Å². The minimum atomic E-state index is -0.227. The second-order valence-corrected chi connectivity index (χ2v) is 10.7. The number of nitrogens with zero attached hydrogens (tertiary/aromatic N) is 1. The van der Waals surface area contributed by atoms with Crippen molar-refractivity contribution < 1.29 is 4.79 Å². The molecular weight excluding hydrogens is 282 g/mol. The number of ketones is 1. The molecule has 3 atom stereocenters. The van der Waals surface area contributed by atoms with Gasteiger partial charge in [0.1, 0.15) is 0 Å². The second-order valence-electron chi connectivity index (χ2n) is 10.7. The van der Waals surface area contributed by atoms with Crippen molar-refractivity contribution in [2.24, 2.45) is 22.7 Å². The van der Waals surface area contributed by atoms with Crippen LogP contribution in [0.3, 0.4) is 0 Å². The number of Topliss-reactive ketones (excluding diaryl/α,β-unsaturated/α-hetero) is 1. The van der Waals surface area contributed by atoms with Crippen molar-refractivity contribution in [1.82, 2.24) is 4.90 Å². The third kappa shape index (κ3) is 3.25. The first-order chi connectivity index (χ1) is 10.5. The maximum Gasteiger partial charge on any atom is 0.155 e. The standard InChI is InChI=1S/C21H37NO/c1-19(2,3)18(23)17-13-21(14-22(17)20(4,5)6)12-16(21)15-10-8-7-9-11-15/h15-17H,7-14H2,1-6H3/t16?,17-,21-/m0/s1. The highest BCUT2D eigenvalue weighted by molar-refractivity contribution is 5.89. The van der Waals surface area contributed by atoms with Gasteiger partial charge < -0.3 is 0 Å². The van der Waals surface area contributed by atoms with E-state index in [-0.39, 0.29) is 17.0 Å². The smallest absolute Gasteiger partial charge is 0.155 e. The summed E-state index contributed by atoms with van der Waals surface area (Å²) in [7, 11) is 0. The molecule has 2 heteroatoms. The Bertz CT molecular complexity index is 463. The van der Waals surface area contributed by atoms with Gasteiger partial charge in [0, 0.05) is 17.5 Å². The number of likely N-dealkylation sites (tertiary alicyclic amines) is 1. The van der Waals surface area contributed by atoms with Crippen LogP contribution in [0.15, 0.2) is 0 Å². The van der Waals surface area contributed by atoms with Crippen molar-refractivity contribution in [3.63, 3.8) is 0 Å². The molecule has 1 unspecified atom stereocenters. The van der Waals surface area contributed by atoms with Gasteiger partial charge in [0.25, 0.3) is 0 Å². The minimum Gasteiger partial charge on any atom is -0.297 e. The Kier molecular flexibility index (Phi) is 4.23. The predicted octanol–water partition coefficient (Wildman–Crippen LogP) is 5.06. The summed E-state index contributed by atoms with van der Waals surface area (Å²) in [4.78, 5) is 15.6. The van der Waals surface area contributed by atoms with Crippen molar-refractivity contribution in [3.8, 4) is 0 Å². The molecule has 2 nitrogen and oxygen atoms in total. The fourth-order valence-electron chi connectivity index (χ4n) is 5.45. The fraction of sp³-hybridized carbons (Fsp3) is 0.952. The highest BCUT2D eigenvalue weighted by Crippen LogP contribution is 2.66. The van der Waals surface area contributed by atoms with E-state index in [0.717, 1.165) is 24.8 Å². The van der Waals surface area contributed by atoms with Gasteiger partial charge in [-0.25, -0.2) is 0 Å². The molecule has 1 heterocycles.